The van der Waals surface area contributed by atoms with Crippen molar-refractivity contribution < 1.29 is 9.53 Å². The Kier molecular flexibility index (Phi) is 3.15. The molecule has 3 unspecified atom stereocenters. The molecule has 1 fully saturated rings. The summed E-state index contributed by atoms with van der Waals surface area (Å²) in [5.74, 6) is 1.01. The van der Waals surface area contributed by atoms with Gasteiger partial charge in [-0.3, -0.25) is 10.1 Å². The van der Waals surface area contributed by atoms with E-state index in [0.717, 1.165) is 11.3 Å². The van der Waals surface area contributed by atoms with Crippen LogP contribution in [0.1, 0.15) is 29.7 Å². The zero-order valence-corrected chi connectivity index (χ0v) is 12.3. The molecule has 3 atom stereocenters. The number of carbonyl (C=O) groups is 1. The molecule has 0 bridgehead atoms. The number of nitrogens with zero attached hydrogens (tertiary/aromatic N) is 2. The summed E-state index contributed by atoms with van der Waals surface area (Å²) in [6.07, 6.45) is 1.73. The molecule has 2 aliphatic rings. The molecule has 1 amide bonds. The second kappa shape index (κ2) is 5.18. The monoisotopic (exact) mass is 295 g/mol. The molecule has 0 spiro atoms. The van der Waals surface area contributed by atoms with Crippen molar-refractivity contribution in [3.63, 3.8) is 0 Å². The highest BCUT2D eigenvalue weighted by Gasteiger charge is 2.52. The molecular weight excluding hydrogens is 278 g/mol. The second-order valence-electron chi connectivity index (χ2n) is 5.97. The highest BCUT2D eigenvalue weighted by molar-refractivity contribution is 5.94. The van der Waals surface area contributed by atoms with Crippen molar-refractivity contribution in [2.24, 2.45) is 11.8 Å². The van der Waals surface area contributed by atoms with Gasteiger partial charge in [0.15, 0.2) is 0 Å². The van der Waals surface area contributed by atoms with Crippen LogP contribution in [0.4, 0.5) is 5.95 Å². The van der Waals surface area contributed by atoms with Gasteiger partial charge in [0.05, 0.1) is 18.9 Å². The minimum absolute atomic E-state index is 0.000202. The number of amides is 1. The molecule has 2 aromatic rings. The Morgan fingerprint density at radius 1 is 1.27 bits per heavy atom. The maximum absolute atomic E-state index is 12.4. The van der Waals surface area contributed by atoms with E-state index >= 15 is 0 Å². The van der Waals surface area contributed by atoms with Crippen molar-refractivity contribution in [1.29, 1.82) is 0 Å². The van der Waals surface area contributed by atoms with Crippen LogP contribution in [-0.2, 0) is 22.7 Å². The van der Waals surface area contributed by atoms with Gasteiger partial charge in [0.2, 0.25) is 11.9 Å². The number of fused-ring (bicyclic) bond motifs is 1. The van der Waals surface area contributed by atoms with E-state index in [4.69, 9.17) is 4.74 Å². The number of nitrogens with one attached hydrogen (secondary N) is 1. The van der Waals surface area contributed by atoms with Crippen molar-refractivity contribution in [2.45, 2.75) is 26.1 Å². The summed E-state index contributed by atoms with van der Waals surface area (Å²) in [6.45, 7) is 3.16. The molecule has 5 heteroatoms. The Balaban J connectivity index is 1.47. The standard InChI is InChI=1S/C17H17N3O2/c1-10-14(11-5-3-2-4-6-11)15(10)16(21)20-17-18-7-12-8-22-9-13(12)19-17/h2-7,10,14-15H,8-9H2,1H3,(H,18,19,20,21). The molecule has 2 heterocycles. The SMILES string of the molecule is CC1C(C(=O)Nc2ncc3c(n2)COC3)C1c1ccccc1. The molecular formula is C17H17N3O2. The second-order valence-corrected chi connectivity index (χ2v) is 5.97. The molecule has 1 aromatic heterocycles. The molecule has 1 saturated carbocycles. The van der Waals surface area contributed by atoms with E-state index in [9.17, 15) is 4.79 Å². The predicted molar refractivity (Wildman–Crippen MR) is 81.0 cm³/mol. The number of anilines is 1. The summed E-state index contributed by atoms with van der Waals surface area (Å²) in [7, 11) is 0. The average molecular weight is 295 g/mol. The van der Waals surface area contributed by atoms with Crippen LogP contribution < -0.4 is 5.32 Å². The fraction of sp³-hybridized carbons (Fsp3) is 0.353. The van der Waals surface area contributed by atoms with E-state index in [1.54, 1.807) is 6.20 Å². The highest BCUT2D eigenvalue weighted by atomic mass is 16.5. The van der Waals surface area contributed by atoms with Crippen LogP contribution in [0.2, 0.25) is 0 Å². The average Bonchev–Trinajstić information content (AvgIpc) is 3.00. The molecule has 1 aliphatic heterocycles. The lowest BCUT2D eigenvalue weighted by Gasteiger charge is -2.04. The van der Waals surface area contributed by atoms with Crippen LogP contribution in [0.5, 0.6) is 0 Å². The Morgan fingerprint density at radius 3 is 2.91 bits per heavy atom. The van der Waals surface area contributed by atoms with Crippen LogP contribution in [-0.4, -0.2) is 15.9 Å². The van der Waals surface area contributed by atoms with Crippen molar-refractivity contribution in [2.75, 3.05) is 5.32 Å². The van der Waals surface area contributed by atoms with Gasteiger partial charge in [0.25, 0.3) is 0 Å². The predicted octanol–water partition coefficient (Wildman–Crippen LogP) is 2.50. The first-order valence-corrected chi connectivity index (χ1v) is 7.52. The van der Waals surface area contributed by atoms with Gasteiger partial charge >= 0.3 is 0 Å². The van der Waals surface area contributed by atoms with Gasteiger partial charge in [-0.1, -0.05) is 37.3 Å². The Labute approximate surface area is 128 Å². The molecule has 1 aliphatic carbocycles. The van der Waals surface area contributed by atoms with Gasteiger partial charge in [-0.15, -0.1) is 0 Å². The fourth-order valence-corrected chi connectivity index (χ4v) is 3.25. The largest absolute Gasteiger partial charge is 0.370 e. The van der Waals surface area contributed by atoms with Crippen LogP contribution in [0.15, 0.2) is 36.5 Å². The minimum Gasteiger partial charge on any atom is -0.370 e. The van der Waals surface area contributed by atoms with E-state index in [-0.39, 0.29) is 11.8 Å². The van der Waals surface area contributed by atoms with Gasteiger partial charge < -0.3 is 4.74 Å². The van der Waals surface area contributed by atoms with Gasteiger partial charge in [-0.25, -0.2) is 9.97 Å². The van der Waals surface area contributed by atoms with E-state index in [1.165, 1.54) is 5.56 Å². The Bertz CT molecular complexity index is 717. The third-order valence-electron chi connectivity index (χ3n) is 4.55. The maximum atomic E-state index is 12.4. The van der Waals surface area contributed by atoms with E-state index in [1.807, 2.05) is 18.2 Å². The summed E-state index contributed by atoms with van der Waals surface area (Å²) in [6, 6.07) is 10.2. The number of rotatable bonds is 3. The van der Waals surface area contributed by atoms with Crippen LogP contribution in [0, 0.1) is 11.8 Å². The van der Waals surface area contributed by atoms with Crippen molar-refractivity contribution in [3.05, 3.63) is 53.3 Å². The molecule has 1 N–H and O–H groups in total. The third-order valence-corrected chi connectivity index (χ3v) is 4.55. The topological polar surface area (TPSA) is 64.1 Å². The summed E-state index contributed by atoms with van der Waals surface area (Å²) < 4.78 is 5.31. The zero-order chi connectivity index (χ0) is 15.1. The lowest BCUT2D eigenvalue weighted by atomic mass is 10.1. The number of benzene rings is 1. The summed E-state index contributed by atoms with van der Waals surface area (Å²) in [4.78, 5) is 21.0. The summed E-state index contributed by atoms with van der Waals surface area (Å²) >= 11 is 0. The molecule has 0 saturated heterocycles. The van der Waals surface area contributed by atoms with Crippen molar-refractivity contribution in [1.82, 2.24) is 9.97 Å². The van der Waals surface area contributed by atoms with E-state index < -0.39 is 0 Å². The van der Waals surface area contributed by atoms with Crippen molar-refractivity contribution >= 4 is 11.9 Å². The molecule has 0 radical (unpaired) electrons. The number of hydrogen-bond donors (Lipinski definition) is 1. The van der Waals surface area contributed by atoms with Gasteiger partial charge in [0, 0.05) is 17.7 Å². The smallest absolute Gasteiger partial charge is 0.230 e. The van der Waals surface area contributed by atoms with Crippen molar-refractivity contribution in [3.8, 4) is 0 Å². The zero-order valence-electron chi connectivity index (χ0n) is 12.3. The first-order valence-electron chi connectivity index (χ1n) is 7.52. The lowest BCUT2D eigenvalue weighted by molar-refractivity contribution is -0.117. The molecule has 4 rings (SSSR count). The van der Waals surface area contributed by atoms with E-state index in [0.29, 0.717) is 31.0 Å². The van der Waals surface area contributed by atoms with Crippen LogP contribution >= 0.6 is 0 Å². The molecule has 22 heavy (non-hydrogen) atoms. The molecule has 1 aromatic carbocycles. The quantitative estimate of drug-likeness (QED) is 0.945. The first kappa shape index (κ1) is 13.4. The number of ether oxygens (including phenoxy) is 1. The maximum Gasteiger partial charge on any atom is 0.230 e. The first-order chi connectivity index (χ1) is 10.7. The Hall–Kier alpha value is -2.27. The number of carbonyl (C=O) groups excluding carboxylic acids is 1. The minimum atomic E-state index is -0.00416. The summed E-state index contributed by atoms with van der Waals surface area (Å²) in [5, 5.41) is 2.85. The lowest BCUT2D eigenvalue weighted by Crippen LogP contribution is -2.17. The fourth-order valence-electron chi connectivity index (χ4n) is 3.25. The molecule has 5 nitrogen and oxygen atoms in total. The number of hydrogen-bond acceptors (Lipinski definition) is 4. The third kappa shape index (κ3) is 2.27. The van der Waals surface area contributed by atoms with Gasteiger partial charge in [-0.05, 0) is 17.4 Å². The summed E-state index contributed by atoms with van der Waals surface area (Å²) in [5.41, 5.74) is 3.09. The van der Waals surface area contributed by atoms with E-state index in [2.05, 4.69) is 34.3 Å². The van der Waals surface area contributed by atoms with Gasteiger partial charge in [0.1, 0.15) is 0 Å². The molecule has 112 valence electrons. The van der Waals surface area contributed by atoms with Crippen LogP contribution in [0.3, 0.4) is 0 Å². The Morgan fingerprint density at radius 2 is 2.09 bits per heavy atom. The highest BCUT2D eigenvalue weighted by Crippen LogP contribution is 2.53. The number of aromatic nitrogens is 2. The van der Waals surface area contributed by atoms with Gasteiger partial charge in [-0.2, -0.15) is 0 Å². The normalized spacial score (nSPS) is 25.6. The van der Waals surface area contributed by atoms with Crippen LogP contribution in [0.25, 0.3) is 0 Å².